The molecule has 13 heteroatoms. The van der Waals surface area contributed by atoms with E-state index in [0.717, 1.165) is 22.9 Å². The number of pyridine rings is 1. The van der Waals surface area contributed by atoms with Crippen molar-refractivity contribution in [1.82, 2.24) is 19.2 Å². The van der Waals surface area contributed by atoms with Gasteiger partial charge in [-0.25, -0.2) is 18.9 Å². The summed E-state index contributed by atoms with van der Waals surface area (Å²) in [6.45, 7) is 3.00. The van der Waals surface area contributed by atoms with E-state index in [1.54, 1.807) is 17.0 Å². The number of hydrogen-bond acceptors (Lipinski definition) is 8. The van der Waals surface area contributed by atoms with Gasteiger partial charge in [-0.2, -0.15) is 0 Å². The smallest absolute Gasteiger partial charge is 0.341 e. The first-order valence-corrected chi connectivity index (χ1v) is 14.7. The quantitative estimate of drug-likeness (QED) is 0.211. The predicted octanol–water partition coefficient (Wildman–Crippen LogP) is 5.45. The van der Waals surface area contributed by atoms with Gasteiger partial charge in [0.1, 0.15) is 11.4 Å². The summed E-state index contributed by atoms with van der Waals surface area (Å²) < 4.78 is 20.5. The van der Waals surface area contributed by atoms with Gasteiger partial charge in [0.15, 0.2) is 3.95 Å². The highest BCUT2D eigenvalue weighted by Gasteiger charge is 2.28. The Kier molecular flexibility index (Phi) is 7.38. The molecule has 0 amide bonds. The molecule has 0 atom stereocenters. The highest BCUT2D eigenvalue weighted by atomic mass is 79.9. The number of fused-ring (bicyclic) bond motifs is 1. The molecular weight excluding hydrogens is 619 g/mol. The number of benzene rings is 2. The zero-order chi connectivity index (χ0) is 28.0. The summed E-state index contributed by atoms with van der Waals surface area (Å²) >= 11 is 10.3. The standard InChI is InChI=1S/C27H24BrFN6O3S2/c28-17-3-1-2-16(10-17)13-30-26-31-35(27(39)40-26)15-32-6-8-33(9-7-32)23-12-22-19(11-21(23)29)24(36)20(25(37)38)14-34(22)18-4-5-18/h1-3,10-14,18H,4-9,15H2,(H,37,38). The lowest BCUT2D eigenvalue weighted by atomic mass is 10.1. The van der Waals surface area contributed by atoms with E-state index in [1.165, 1.54) is 23.6 Å². The van der Waals surface area contributed by atoms with Crippen LogP contribution in [0.5, 0.6) is 0 Å². The second kappa shape index (κ2) is 11.0. The van der Waals surface area contributed by atoms with Crippen LogP contribution in [0.2, 0.25) is 0 Å². The molecule has 4 aromatic rings. The Morgan fingerprint density at radius 3 is 2.70 bits per heavy atom. The van der Waals surface area contributed by atoms with E-state index < -0.39 is 17.2 Å². The van der Waals surface area contributed by atoms with Gasteiger partial charge in [0.05, 0.1) is 17.9 Å². The zero-order valence-electron chi connectivity index (χ0n) is 21.2. The van der Waals surface area contributed by atoms with Crippen LogP contribution in [0.25, 0.3) is 10.9 Å². The van der Waals surface area contributed by atoms with E-state index in [9.17, 15) is 14.7 Å². The highest BCUT2D eigenvalue weighted by molar-refractivity contribution is 9.10. The molecule has 0 spiro atoms. The number of aliphatic imine (C=N–C) groups is 1. The van der Waals surface area contributed by atoms with Crippen LogP contribution in [0.3, 0.4) is 0 Å². The highest BCUT2D eigenvalue weighted by Crippen LogP contribution is 2.38. The number of rotatable bonds is 7. The first-order valence-electron chi connectivity index (χ1n) is 12.7. The van der Waals surface area contributed by atoms with Gasteiger partial charge in [0.2, 0.25) is 10.6 Å². The van der Waals surface area contributed by atoms with Gasteiger partial charge < -0.3 is 14.6 Å². The maximum absolute atomic E-state index is 15.3. The summed E-state index contributed by atoms with van der Waals surface area (Å²) in [6.07, 6.45) is 4.96. The molecule has 2 aromatic carbocycles. The summed E-state index contributed by atoms with van der Waals surface area (Å²) in [4.78, 5) is 33.0. The Morgan fingerprint density at radius 2 is 2.00 bits per heavy atom. The van der Waals surface area contributed by atoms with Crippen molar-refractivity contribution in [3.8, 4) is 0 Å². The molecule has 1 saturated carbocycles. The Morgan fingerprint density at radius 1 is 1.23 bits per heavy atom. The molecule has 1 aliphatic carbocycles. The normalized spacial score (nSPS) is 16.3. The van der Waals surface area contributed by atoms with E-state index in [4.69, 9.17) is 12.2 Å². The van der Waals surface area contributed by atoms with Crippen LogP contribution in [-0.4, -0.2) is 62.7 Å². The number of nitrogens with zero attached hydrogens (tertiary/aromatic N) is 6. The van der Waals surface area contributed by atoms with Crippen LogP contribution in [0, 0.1) is 9.77 Å². The van der Waals surface area contributed by atoms with Crippen molar-refractivity contribution in [2.75, 3.05) is 31.1 Å². The average molecular weight is 644 g/mol. The van der Waals surface area contributed by atoms with Gasteiger partial charge in [0, 0.05) is 54.5 Å². The van der Waals surface area contributed by atoms with Gasteiger partial charge in [-0.15, -0.1) is 5.10 Å². The van der Waals surface area contributed by atoms with Crippen molar-refractivity contribution < 1.29 is 14.3 Å². The Balaban J connectivity index is 1.17. The molecule has 1 N–H and O–H groups in total. The van der Waals surface area contributed by atoms with Crippen molar-refractivity contribution >= 4 is 73.4 Å². The molecule has 3 heterocycles. The van der Waals surface area contributed by atoms with E-state index >= 15 is 4.39 Å². The van der Waals surface area contributed by atoms with Crippen molar-refractivity contribution in [1.29, 1.82) is 0 Å². The zero-order valence-corrected chi connectivity index (χ0v) is 24.4. The van der Waals surface area contributed by atoms with Crippen molar-refractivity contribution in [3.63, 3.8) is 0 Å². The van der Waals surface area contributed by atoms with E-state index in [0.29, 0.717) is 53.1 Å². The molecule has 2 aliphatic rings. The van der Waals surface area contributed by atoms with Gasteiger partial charge in [0.25, 0.3) is 0 Å². The minimum absolute atomic E-state index is 0.1000. The third-order valence-electron chi connectivity index (χ3n) is 7.09. The Hall–Kier alpha value is -3.26. The average Bonchev–Trinajstić information content (AvgIpc) is 3.71. The molecule has 206 valence electrons. The lowest BCUT2D eigenvalue weighted by Gasteiger charge is -2.36. The van der Waals surface area contributed by atoms with Gasteiger partial charge in [-0.05, 0) is 54.9 Å². The van der Waals surface area contributed by atoms with Gasteiger partial charge in [-0.3, -0.25) is 9.69 Å². The number of carboxylic acid groups (broad SMARTS) is 1. The fraction of sp³-hybridized carbons (Fsp3) is 0.296. The molecule has 2 aromatic heterocycles. The predicted molar refractivity (Wildman–Crippen MR) is 160 cm³/mol. The lowest BCUT2D eigenvalue weighted by molar-refractivity contribution is 0.0695. The summed E-state index contributed by atoms with van der Waals surface area (Å²) in [7, 11) is 0. The first kappa shape index (κ1) is 26.9. The molecule has 0 radical (unpaired) electrons. The molecular formula is C27H24BrFN6O3S2. The largest absolute Gasteiger partial charge is 0.477 e. The third kappa shape index (κ3) is 5.51. The van der Waals surface area contributed by atoms with Crippen molar-refractivity contribution in [2.45, 2.75) is 25.6 Å². The summed E-state index contributed by atoms with van der Waals surface area (Å²) in [5.41, 5.74) is 0.952. The first-order chi connectivity index (χ1) is 19.3. The molecule has 9 nitrogen and oxygen atoms in total. The monoisotopic (exact) mass is 642 g/mol. The van der Waals surface area contributed by atoms with Crippen LogP contribution in [0.15, 0.2) is 56.9 Å². The van der Waals surface area contributed by atoms with Crippen molar-refractivity contribution in [2.24, 2.45) is 4.99 Å². The second-order valence-corrected chi connectivity index (χ2v) is 12.4. The number of carboxylic acids is 1. The minimum Gasteiger partial charge on any atom is -0.477 e. The fourth-order valence-corrected chi connectivity index (χ4v) is 6.23. The third-order valence-corrected chi connectivity index (χ3v) is 8.80. The van der Waals surface area contributed by atoms with E-state index in [1.807, 2.05) is 33.7 Å². The lowest BCUT2D eigenvalue weighted by Crippen LogP contribution is -2.47. The number of hydrogen-bond donors (Lipinski definition) is 1. The topological polar surface area (TPSA) is 96.0 Å². The maximum atomic E-state index is 15.3. The number of aromatic carboxylic acids is 1. The summed E-state index contributed by atoms with van der Waals surface area (Å²) in [5.74, 6) is -1.83. The molecule has 0 bridgehead atoms. The van der Waals surface area contributed by atoms with Gasteiger partial charge in [-0.1, -0.05) is 39.4 Å². The fourth-order valence-electron chi connectivity index (χ4n) is 4.88. The molecule has 1 aliphatic heterocycles. The maximum Gasteiger partial charge on any atom is 0.341 e. The molecule has 2 fully saturated rings. The SMILES string of the molecule is O=C(O)c1cn(C2CC2)c2cc(N3CCN(Cn4nc(N=Cc5cccc(Br)c5)sc4=S)CC3)c(F)cc2c1=O. The van der Waals surface area contributed by atoms with Crippen LogP contribution in [0.4, 0.5) is 15.2 Å². The summed E-state index contributed by atoms with van der Waals surface area (Å²) in [5, 5.41) is 14.7. The van der Waals surface area contributed by atoms with Crippen molar-refractivity contribution in [3.05, 3.63) is 78.2 Å². The summed E-state index contributed by atoms with van der Waals surface area (Å²) in [6, 6.07) is 10.8. The minimum atomic E-state index is -1.30. The number of aromatic nitrogens is 3. The molecule has 1 saturated heterocycles. The van der Waals surface area contributed by atoms with Crippen LogP contribution in [-0.2, 0) is 6.67 Å². The van der Waals surface area contributed by atoms with Gasteiger partial charge >= 0.3 is 5.97 Å². The van der Waals surface area contributed by atoms with Crippen LogP contribution >= 0.6 is 39.5 Å². The number of piperazine rings is 1. The molecule has 6 rings (SSSR count). The Bertz CT molecular complexity index is 1770. The number of carbonyl (C=O) groups is 1. The number of anilines is 1. The number of halogens is 2. The van der Waals surface area contributed by atoms with Crippen LogP contribution in [0.1, 0.15) is 34.8 Å². The van der Waals surface area contributed by atoms with E-state index in [2.05, 4.69) is 30.9 Å². The van der Waals surface area contributed by atoms with E-state index in [-0.39, 0.29) is 17.0 Å². The molecule has 40 heavy (non-hydrogen) atoms. The second-order valence-electron chi connectivity index (χ2n) is 9.85. The van der Waals surface area contributed by atoms with Crippen LogP contribution < -0.4 is 10.3 Å². The molecule has 0 unspecified atom stereocenters. The Labute approximate surface area is 245 Å².